The second kappa shape index (κ2) is 6.21. The number of azide groups is 1. The van der Waals surface area contributed by atoms with Gasteiger partial charge in [-0.2, -0.15) is 4.39 Å². The molecule has 28 heavy (non-hydrogen) atoms. The van der Waals surface area contributed by atoms with Crippen LogP contribution >= 0.6 is 0 Å². The SMILES string of the molecule is C[C@]12CC[C@H](N=[N+]=[N-])CC1=CCC1C2CC[C@]2(C)C(n3cnc(F)c3)=CCC12. The zero-order valence-electron chi connectivity index (χ0n) is 16.7. The molecule has 0 radical (unpaired) electrons. The Morgan fingerprint density at radius 3 is 2.75 bits per heavy atom. The topological polar surface area (TPSA) is 66.6 Å². The molecule has 0 bridgehead atoms. The fraction of sp³-hybridized carbons (Fsp3) is 0.682. The van der Waals surface area contributed by atoms with Crippen molar-refractivity contribution in [3.8, 4) is 0 Å². The van der Waals surface area contributed by atoms with Crippen molar-refractivity contribution in [2.75, 3.05) is 0 Å². The standard InChI is InChI=1S/C22H28FN5/c1-21-9-7-15(26-27-24)11-14(21)3-4-16-17-5-6-19(28-12-20(23)25-13-28)22(17,2)10-8-18(16)21/h3,6,12-13,15-18H,4-5,7-11H2,1-2H3/t15-,16?,17?,18?,21-,22-/m0/s1. The molecule has 0 saturated heterocycles. The van der Waals surface area contributed by atoms with E-state index in [2.05, 4.69) is 41.0 Å². The minimum atomic E-state index is -0.406. The molecule has 2 fully saturated rings. The predicted octanol–water partition coefficient (Wildman–Crippen LogP) is 6.11. The molecule has 1 aromatic rings. The zero-order chi connectivity index (χ0) is 19.5. The van der Waals surface area contributed by atoms with Crippen LogP contribution in [0.3, 0.4) is 0 Å². The molecule has 0 aromatic carbocycles. The van der Waals surface area contributed by atoms with E-state index in [1.165, 1.54) is 23.9 Å². The van der Waals surface area contributed by atoms with Crippen molar-refractivity contribution in [1.29, 1.82) is 0 Å². The van der Waals surface area contributed by atoms with E-state index < -0.39 is 5.95 Å². The predicted molar refractivity (Wildman–Crippen MR) is 106 cm³/mol. The number of halogens is 1. The Morgan fingerprint density at radius 1 is 1.18 bits per heavy atom. The van der Waals surface area contributed by atoms with Crippen molar-refractivity contribution in [1.82, 2.24) is 9.55 Å². The number of hydrogen-bond acceptors (Lipinski definition) is 2. The van der Waals surface area contributed by atoms with Crippen LogP contribution in [0.25, 0.3) is 16.1 Å². The van der Waals surface area contributed by atoms with Crippen molar-refractivity contribution in [3.63, 3.8) is 0 Å². The van der Waals surface area contributed by atoms with Crippen molar-refractivity contribution in [3.05, 3.63) is 46.6 Å². The maximum atomic E-state index is 13.5. The lowest BCUT2D eigenvalue weighted by Gasteiger charge is -2.57. The minimum absolute atomic E-state index is 0.0955. The first-order valence-electron chi connectivity index (χ1n) is 10.6. The number of nitrogens with zero attached hydrogens (tertiary/aromatic N) is 5. The lowest BCUT2D eigenvalue weighted by molar-refractivity contribution is -0.0127. The molecule has 0 spiro atoms. The maximum Gasteiger partial charge on any atom is 0.231 e. The lowest BCUT2D eigenvalue weighted by atomic mass is 9.47. The summed E-state index contributed by atoms with van der Waals surface area (Å²) in [7, 11) is 0. The second-order valence-corrected chi connectivity index (χ2v) is 9.75. The molecule has 4 aliphatic carbocycles. The molecule has 0 amide bonds. The molecule has 0 N–H and O–H groups in total. The van der Waals surface area contributed by atoms with Crippen molar-refractivity contribution in [2.24, 2.45) is 33.7 Å². The van der Waals surface area contributed by atoms with Gasteiger partial charge < -0.3 is 4.57 Å². The molecule has 5 nitrogen and oxygen atoms in total. The smallest absolute Gasteiger partial charge is 0.231 e. The van der Waals surface area contributed by atoms with Gasteiger partial charge in [-0.1, -0.05) is 36.7 Å². The highest BCUT2D eigenvalue weighted by atomic mass is 19.1. The van der Waals surface area contributed by atoms with Gasteiger partial charge in [0.1, 0.15) is 6.33 Å². The van der Waals surface area contributed by atoms with Gasteiger partial charge in [-0.15, -0.1) is 0 Å². The average Bonchev–Trinajstić information content (AvgIpc) is 3.24. The Morgan fingerprint density at radius 2 is 2.00 bits per heavy atom. The molecule has 1 aromatic heterocycles. The summed E-state index contributed by atoms with van der Waals surface area (Å²) in [5.74, 6) is 1.57. The summed E-state index contributed by atoms with van der Waals surface area (Å²) in [5, 5.41) is 4.01. The van der Waals surface area contributed by atoms with Gasteiger partial charge in [-0.25, -0.2) is 4.98 Å². The number of fused-ring (bicyclic) bond motifs is 5. The minimum Gasteiger partial charge on any atom is -0.307 e. The molecule has 6 heteroatoms. The van der Waals surface area contributed by atoms with Crippen LogP contribution in [0.1, 0.15) is 58.8 Å². The summed E-state index contributed by atoms with van der Waals surface area (Å²) < 4.78 is 15.4. The molecule has 1 heterocycles. The van der Waals surface area contributed by atoms with Crippen LogP contribution in [-0.2, 0) is 0 Å². The fourth-order valence-corrected chi connectivity index (χ4v) is 7.19. The van der Waals surface area contributed by atoms with Crippen LogP contribution in [0.2, 0.25) is 0 Å². The number of imidazole rings is 1. The van der Waals surface area contributed by atoms with E-state index in [-0.39, 0.29) is 16.9 Å². The van der Waals surface area contributed by atoms with Crippen molar-refractivity contribution in [2.45, 2.75) is 64.8 Å². The summed E-state index contributed by atoms with van der Waals surface area (Å²) in [6.07, 6.45) is 15.6. The molecular weight excluding hydrogens is 353 g/mol. The third kappa shape index (κ3) is 2.43. The second-order valence-electron chi connectivity index (χ2n) is 9.75. The van der Waals surface area contributed by atoms with Crippen LogP contribution in [0.5, 0.6) is 0 Å². The molecule has 0 aliphatic heterocycles. The van der Waals surface area contributed by atoms with E-state index in [0.29, 0.717) is 17.8 Å². The Hall–Kier alpha value is -2.07. The van der Waals surface area contributed by atoms with Crippen LogP contribution in [0.4, 0.5) is 4.39 Å². The van der Waals surface area contributed by atoms with Crippen molar-refractivity contribution >= 4 is 5.70 Å². The average molecular weight is 381 g/mol. The van der Waals surface area contributed by atoms with Gasteiger partial charge in [0.2, 0.25) is 5.95 Å². The summed E-state index contributed by atoms with van der Waals surface area (Å²) in [6.45, 7) is 4.84. The summed E-state index contributed by atoms with van der Waals surface area (Å²) in [6, 6.07) is 0.130. The van der Waals surface area contributed by atoms with Crippen LogP contribution < -0.4 is 0 Å². The van der Waals surface area contributed by atoms with E-state index in [1.54, 1.807) is 6.33 Å². The summed E-state index contributed by atoms with van der Waals surface area (Å²) >= 11 is 0. The number of hydrogen-bond donors (Lipinski definition) is 0. The maximum absolute atomic E-state index is 13.5. The lowest BCUT2D eigenvalue weighted by Crippen LogP contribution is -2.49. The first kappa shape index (κ1) is 18.0. The third-order valence-electron chi connectivity index (χ3n) is 8.66. The van der Waals surface area contributed by atoms with Gasteiger partial charge in [-0.05, 0) is 73.6 Å². The molecule has 148 valence electrons. The highest BCUT2D eigenvalue weighted by Crippen LogP contribution is 2.65. The molecule has 3 unspecified atom stereocenters. The van der Waals surface area contributed by atoms with Crippen LogP contribution in [0, 0.1) is 34.5 Å². The summed E-state index contributed by atoms with van der Waals surface area (Å²) in [4.78, 5) is 6.86. The van der Waals surface area contributed by atoms with E-state index in [4.69, 9.17) is 5.53 Å². The third-order valence-corrected chi connectivity index (χ3v) is 8.66. The quantitative estimate of drug-likeness (QED) is 0.263. The fourth-order valence-electron chi connectivity index (χ4n) is 7.19. The number of allylic oxidation sites excluding steroid dienone is 3. The molecule has 2 saturated carbocycles. The molecule has 5 rings (SSSR count). The van der Waals surface area contributed by atoms with Gasteiger partial charge in [0, 0.05) is 22.1 Å². The van der Waals surface area contributed by atoms with E-state index in [9.17, 15) is 4.39 Å². The van der Waals surface area contributed by atoms with Gasteiger partial charge in [0.25, 0.3) is 0 Å². The normalized spacial score (nSPS) is 41.8. The largest absolute Gasteiger partial charge is 0.307 e. The highest BCUT2D eigenvalue weighted by molar-refractivity contribution is 5.57. The van der Waals surface area contributed by atoms with Gasteiger partial charge in [0.15, 0.2) is 0 Å². The van der Waals surface area contributed by atoms with Crippen LogP contribution in [0.15, 0.2) is 35.4 Å². The van der Waals surface area contributed by atoms with E-state index >= 15 is 0 Å². The Kier molecular flexibility index (Phi) is 3.99. The van der Waals surface area contributed by atoms with Gasteiger partial charge >= 0.3 is 0 Å². The zero-order valence-corrected chi connectivity index (χ0v) is 16.7. The van der Waals surface area contributed by atoms with Gasteiger partial charge in [0.05, 0.1) is 6.20 Å². The van der Waals surface area contributed by atoms with E-state index in [0.717, 1.165) is 38.5 Å². The highest BCUT2D eigenvalue weighted by Gasteiger charge is 2.57. The molecule has 4 aliphatic rings. The monoisotopic (exact) mass is 381 g/mol. The van der Waals surface area contributed by atoms with Gasteiger partial charge in [-0.3, -0.25) is 0 Å². The number of aromatic nitrogens is 2. The molecular formula is C22H28FN5. The number of rotatable bonds is 2. The Bertz CT molecular complexity index is 910. The molecule has 6 atom stereocenters. The first-order chi connectivity index (χ1) is 13.5. The first-order valence-corrected chi connectivity index (χ1v) is 10.6. The Balaban J connectivity index is 1.44. The van der Waals surface area contributed by atoms with E-state index in [1.807, 2.05) is 4.57 Å². The van der Waals surface area contributed by atoms with Crippen LogP contribution in [-0.4, -0.2) is 15.6 Å². The Labute approximate surface area is 165 Å². The summed E-state index contributed by atoms with van der Waals surface area (Å²) in [5.41, 5.74) is 11.9. The van der Waals surface area contributed by atoms with Crippen molar-refractivity contribution < 1.29 is 4.39 Å².